The van der Waals surface area contributed by atoms with Crippen LogP contribution in [-0.2, 0) is 0 Å². The molecule has 1 aromatic carbocycles. The number of benzene rings is 1. The van der Waals surface area contributed by atoms with Crippen LogP contribution in [0.25, 0.3) is 0 Å². The number of pyridine rings is 1. The molecule has 1 heterocycles. The summed E-state index contributed by atoms with van der Waals surface area (Å²) in [5, 5.41) is 14.8. The summed E-state index contributed by atoms with van der Waals surface area (Å²) in [5.74, 6) is 1.28. The number of nitrogens with one attached hydrogen (secondary N) is 2. The van der Waals surface area contributed by atoms with E-state index in [1.54, 1.807) is 42.6 Å². The Kier molecular flexibility index (Phi) is 7.01. The molecule has 1 amide bonds. The highest BCUT2D eigenvalue weighted by Crippen LogP contribution is 2.28. The van der Waals surface area contributed by atoms with Crippen LogP contribution in [-0.4, -0.2) is 37.7 Å². The van der Waals surface area contributed by atoms with Crippen LogP contribution in [0, 0.1) is 11.3 Å². The van der Waals surface area contributed by atoms with Crippen molar-refractivity contribution in [3.05, 3.63) is 60.3 Å². The minimum atomic E-state index is -0.234. The number of carbonyl (C=O) groups excluding carboxylic acids is 1. The largest absolute Gasteiger partial charge is 0.493 e. The number of ether oxygens (including phenoxy) is 2. The summed E-state index contributed by atoms with van der Waals surface area (Å²) in [4.78, 5) is 16.4. The Morgan fingerprint density at radius 2 is 2.19 bits per heavy atom. The molecule has 2 N–H and O–H groups in total. The minimum Gasteiger partial charge on any atom is -0.493 e. The number of nitriles is 1. The third kappa shape index (κ3) is 4.98. The Hall–Kier alpha value is -3.53. The second kappa shape index (κ2) is 9.69. The van der Waals surface area contributed by atoms with Crippen molar-refractivity contribution >= 4 is 11.7 Å². The summed E-state index contributed by atoms with van der Waals surface area (Å²) in [5.41, 5.74) is 0.919. The molecule has 0 aliphatic heterocycles. The first kappa shape index (κ1) is 18.8. The van der Waals surface area contributed by atoms with Crippen LogP contribution in [0.4, 0.5) is 5.82 Å². The lowest BCUT2D eigenvalue weighted by atomic mass is 10.2. The van der Waals surface area contributed by atoms with Crippen molar-refractivity contribution < 1.29 is 14.3 Å². The van der Waals surface area contributed by atoms with E-state index >= 15 is 0 Å². The van der Waals surface area contributed by atoms with Crippen LogP contribution in [0.15, 0.2) is 49.2 Å². The summed E-state index contributed by atoms with van der Waals surface area (Å²) in [6.45, 7) is 4.76. The van der Waals surface area contributed by atoms with Gasteiger partial charge in [-0.15, -0.1) is 0 Å². The molecule has 0 atom stereocenters. The van der Waals surface area contributed by atoms with Crippen LogP contribution in [0.3, 0.4) is 0 Å². The maximum Gasteiger partial charge on any atom is 0.251 e. The zero-order valence-corrected chi connectivity index (χ0v) is 14.5. The number of hydrogen-bond donors (Lipinski definition) is 2. The van der Waals surface area contributed by atoms with Gasteiger partial charge in [0.25, 0.3) is 5.91 Å². The molecular weight excluding hydrogens is 332 g/mol. The maximum atomic E-state index is 12.3. The number of carbonyl (C=O) groups is 1. The molecule has 0 unspecified atom stereocenters. The van der Waals surface area contributed by atoms with Crippen molar-refractivity contribution in [2.45, 2.75) is 0 Å². The smallest absolute Gasteiger partial charge is 0.251 e. The third-order valence-electron chi connectivity index (χ3n) is 3.41. The first-order valence-corrected chi connectivity index (χ1v) is 7.98. The molecule has 0 saturated carbocycles. The molecular formula is C19H20N4O3. The molecule has 1 aromatic heterocycles. The summed E-state index contributed by atoms with van der Waals surface area (Å²) >= 11 is 0. The number of rotatable bonds is 9. The average molecular weight is 352 g/mol. The number of aromatic nitrogens is 1. The van der Waals surface area contributed by atoms with Crippen molar-refractivity contribution in [1.29, 1.82) is 5.26 Å². The monoisotopic (exact) mass is 352 g/mol. The van der Waals surface area contributed by atoms with Crippen molar-refractivity contribution in [2.75, 3.05) is 32.1 Å². The van der Waals surface area contributed by atoms with Crippen LogP contribution >= 0.6 is 0 Å². The Bertz CT molecular complexity index is 815. The average Bonchev–Trinajstić information content (AvgIpc) is 2.69. The van der Waals surface area contributed by atoms with Gasteiger partial charge in [0.2, 0.25) is 0 Å². The topological polar surface area (TPSA) is 96.3 Å². The number of anilines is 1. The van der Waals surface area contributed by atoms with E-state index in [9.17, 15) is 4.79 Å². The number of hydrogen-bond acceptors (Lipinski definition) is 6. The Balaban J connectivity index is 1.89. The zero-order chi connectivity index (χ0) is 18.8. The van der Waals surface area contributed by atoms with E-state index in [4.69, 9.17) is 14.7 Å². The van der Waals surface area contributed by atoms with E-state index in [2.05, 4.69) is 28.3 Å². The van der Waals surface area contributed by atoms with Gasteiger partial charge in [0.1, 0.15) is 18.5 Å². The quantitative estimate of drug-likeness (QED) is 0.531. The normalized spacial score (nSPS) is 9.69. The first-order valence-electron chi connectivity index (χ1n) is 7.98. The van der Waals surface area contributed by atoms with E-state index in [-0.39, 0.29) is 5.91 Å². The van der Waals surface area contributed by atoms with Gasteiger partial charge < -0.3 is 20.1 Å². The molecule has 2 aromatic rings. The molecule has 0 aliphatic carbocycles. The molecule has 2 rings (SSSR count). The SMILES string of the molecule is C=CCOc1ccc(C(=O)NCCNc2ncccc2C#N)cc1OC. The lowest BCUT2D eigenvalue weighted by Gasteiger charge is -2.12. The van der Waals surface area contributed by atoms with E-state index < -0.39 is 0 Å². The lowest BCUT2D eigenvalue weighted by Crippen LogP contribution is -2.29. The van der Waals surface area contributed by atoms with Gasteiger partial charge >= 0.3 is 0 Å². The second-order valence-corrected chi connectivity index (χ2v) is 5.16. The Morgan fingerprint density at radius 3 is 2.92 bits per heavy atom. The van der Waals surface area contributed by atoms with Crippen molar-refractivity contribution in [3.63, 3.8) is 0 Å². The molecule has 0 aliphatic rings. The second-order valence-electron chi connectivity index (χ2n) is 5.16. The van der Waals surface area contributed by atoms with Crippen LogP contribution < -0.4 is 20.1 Å². The van der Waals surface area contributed by atoms with Crippen LogP contribution in [0.5, 0.6) is 11.5 Å². The summed E-state index contributed by atoms with van der Waals surface area (Å²) in [7, 11) is 1.52. The summed E-state index contributed by atoms with van der Waals surface area (Å²) < 4.78 is 10.7. The molecule has 26 heavy (non-hydrogen) atoms. The van der Waals surface area contributed by atoms with Gasteiger partial charge in [-0.3, -0.25) is 4.79 Å². The van der Waals surface area contributed by atoms with Gasteiger partial charge in [0, 0.05) is 24.8 Å². The molecule has 134 valence electrons. The molecule has 0 fully saturated rings. The fraction of sp³-hybridized carbons (Fsp3) is 0.211. The molecule has 0 spiro atoms. The van der Waals surface area contributed by atoms with E-state index in [0.29, 0.717) is 48.1 Å². The molecule has 7 heteroatoms. The van der Waals surface area contributed by atoms with Crippen molar-refractivity contribution in [3.8, 4) is 17.6 Å². The molecule has 7 nitrogen and oxygen atoms in total. The fourth-order valence-corrected chi connectivity index (χ4v) is 2.17. The first-order chi connectivity index (χ1) is 12.7. The van der Waals surface area contributed by atoms with Crippen LogP contribution in [0.2, 0.25) is 0 Å². The highest BCUT2D eigenvalue weighted by atomic mass is 16.5. The minimum absolute atomic E-state index is 0.234. The highest BCUT2D eigenvalue weighted by molar-refractivity contribution is 5.94. The zero-order valence-electron chi connectivity index (χ0n) is 14.5. The van der Waals surface area contributed by atoms with Gasteiger partial charge in [0.15, 0.2) is 11.5 Å². The van der Waals surface area contributed by atoms with Crippen LogP contribution in [0.1, 0.15) is 15.9 Å². The lowest BCUT2D eigenvalue weighted by molar-refractivity contribution is 0.0954. The molecule has 0 saturated heterocycles. The van der Waals surface area contributed by atoms with Gasteiger partial charge in [-0.05, 0) is 30.3 Å². The fourth-order valence-electron chi connectivity index (χ4n) is 2.17. The Morgan fingerprint density at radius 1 is 1.35 bits per heavy atom. The number of methoxy groups -OCH3 is 1. The van der Waals surface area contributed by atoms with E-state index in [1.807, 2.05) is 0 Å². The van der Waals surface area contributed by atoms with E-state index in [0.717, 1.165) is 0 Å². The predicted molar refractivity (Wildman–Crippen MR) is 98.5 cm³/mol. The Labute approximate surface area is 152 Å². The predicted octanol–water partition coefficient (Wildman–Crippen LogP) is 2.37. The summed E-state index contributed by atoms with van der Waals surface area (Å²) in [6, 6.07) is 10.4. The van der Waals surface area contributed by atoms with E-state index in [1.165, 1.54) is 7.11 Å². The van der Waals surface area contributed by atoms with Gasteiger partial charge in [-0.2, -0.15) is 5.26 Å². The van der Waals surface area contributed by atoms with Gasteiger partial charge in [0.05, 0.1) is 12.7 Å². The van der Waals surface area contributed by atoms with Crippen molar-refractivity contribution in [1.82, 2.24) is 10.3 Å². The maximum absolute atomic E-state index is 12.3. The third-order valence-corrected chi connectivity index (χ3v) is 3.41. The highest BCUT2D eigenvalue weighted by Gasteiger charge is 2.11. The molecule has 0 radical (unpaired) electrons. The number of amides is 1. The number of nitrogens with zero attached hydrogens (tertiary/aromatic N) is 2. The van der Waals surface area contributed by atoms with Crippen molar-refractivity contribution in [2.24, 2.45) is 0 Å². The summed E-state index contributed by atoms with van der Waals surface area (Å²) in [6.07, 6.45) is 3.23. The molecule has 0 bridgehead atoms. The standard InChI is InChI=1S/C19H20N4O3/c1-3-11-26-16-7-6-14(12-17(16)25-2)19(24)23-10-9-22-18-15(13-20)5-4-8-21-18/h3-8,12H,1,9-11H2,2H3,(H,21,22)(H,23,24). The van der Waals surface area contributed by atoms with Gasteiger partial charge in [-0.1, -0.05) is 12.7 Å². The van der Waals surface area contributed by atoms with Gasteiger partial charge in [-0.25, -0.2) is 4.98 Å².